The van der Waals surface area contributed by atoms with Crippen molar-refractivity contribution in [1.82, 2.24) is 10.6 Å². The molecule has 0 aromatic heterocycles. The maximum absolute atomic E-state index is 12.0. The number of esters is 1. The summed E-state index contributed by atoms with van der Waals surface area (Å²) in [4.78, 5) is 23.5. The Bertz CT molecular complexity index is 849. The molecule has 6 nitrogen and oxygen atoms in total. The van der Waals surface area contributed by atoms with Crippen molar-refractivity contribution in [3.63, 3.8) is 0 Å². The van der Waals surface area contributed by atoms with Crippen molar-refractivity contribution in [2.24, 2.45) is 0 Å². The number of carboxylic acids is 1. The first kappa shape index (κ1) is 26.1. The van der Waals surface area contributed by atoms with Crippen molar-refractivity contribution in [3.8, 4) is 0 Å². The number of methoxy groups -OCH3 is 1. The van der Waals surface area contributed by atoms with Crippen molar-refractivity contribution in [3.05, 3.63) is 71.8 Å². The molecule has 2 aromatic carbocycles. The standard InChI is InChI=1S/C13H17NO2.C12H15NO2.V/c1-16-12(15)13(7-9-14-10-8-13)11-5-3-2-4-6-11;14-11(15)12(6-8-13-9-7-12)10-4-2-1-3-5-10;/h2-6,14H,7-10H2,1H3;1-5,13H,6-9H2,(H,14,15);. The molecule has 0 atom stereocenters. The number of carbonyl (C=O) groups is 2. The normalized spacial score (nSPS) is 18.8. The number of piperidine rings is 2. The second kappa shape index (κ2) is 12.2. The molecule has 0 aliphatic carbocycles. The average Bonchev–Trinajstić information content (AvgIpc) is 2.85. The van der Waals surface area contributed by atoms with Crippen LogP contribution >= 0.6 is 0 Å². The van der Waals surface area contributed by atoms with Crippen LogP contribution in [0.3, 0.4) is 0 Å². The first-order valence-corrected chi connectivity index (χ1v) is 10.9. The fourth-order valence-electron chi connectivity index (χ4n) is 4.65. The SMILES string of the molecule is COC(=O)C1(c2ccccc2)CCNCC1.O=C(O)C1(c2ccccc2)CCNCC1.[V]. The largest absolute Gasteiger partial charge is 0.481 e. The maximum Gasteiger partial charge on any atom is 0.316 e. The zero-order valence-corrected chi connectivity index (χ0v) is 19.9. The van der Waals surface area contributed by atoms with Gasteiger partial charge in [0.25, 0.3) is 0 Å². The summed E-state index contributed by atoms with van der Waals surface area (Å²) in [6, 6.07) is 19.5. The van der Waals surface area contributed by atoms with Crippen molar-refractivity contribution < 1.29 is 38.0 Å². The number of hydrogen-bond acceptors (Lipinski definition) is 5. The predicted molar refractivity (Wildman–Crippen MR) is 120 cm³/mol. The van der Waals surface area contributed by atoms with Gasteiger partial charge in [-0.15, -0.1) is 0 Å². The van der Waals surface area contributed by atoms with Gasteiger partial charge >= 0.3 is 11.9 Å². The van der Waals surface area contributed by atoms with E-state index in [-0.39, 0.29) is 24.5 Å². The number of hydrogen-bond donors (Lipinski definition) is 3. The molecule has 7 heteroatoms. The van der Waals surface area contributed by atoms with Crippen LogP contribution < -0.4 is 10.6 Å². The van der Waals surface area contributed by atoms with Crippen LogP contribution in [-0.2, 0) is 43.7 Å². The molecule has 2 fully saturated rings. The third-order valence-electron chi connectivity index (χ3n) is 6.55. The van der Waals surface area contributed by atoms with Crippen LogP contribution in [0.15, 0.2) is 60.7 Å². The van der Waals surface area contributed by atoms with Gasteiger partial charge in [0, 0.05) is 18.6 Å². The number of carboxylic acid groups (broad SMARTS) is 1. The van der Waals surface area contributed by atoms with Crippen LogP contribution in [0.1, 0.15) is 36.8 Å². The molecule has 171 valence electrons. The molecule has 2 aromatic rings. The molecule has 0 amide bonds. The van der Waals surface area contributed by atoms with E-state index in [1.165, 1.54) is 7.11 Å². The van der Waals surface area contributed by atoms with Gasteiger partial charge in [-0.25, -0.2) is 0 Å². The summed E-state index contributed by atoms with van der Waals surface area (Å²) in [5.74, 6) is -0.810. The van der Waals surface area contributed by atoms with Crippen molar-refractivity contribution in [2.45, 2.75) is 36.5 Å². The quantitative estimate of drug-likeness (QED) is 0.590. The molecular weight excluding hydrogens is 443 g/mol. The number of ether oxygens (including phenoxy) is 1. The number of nitrogens with one attached hydrogen (secondary N) is 2. The summed E-state index contributed by atoms with van der Waals surface area (Å²) in [5, 5.41) is 15.9. The van der Waals surface area contributed by atoms with Gasteiger partial charge < -0.3 is 20.5 Å². The Balaban J connectivity index is 0.000000220. The summed E-state index contributed by atoms with van der Waals surface area (Å²) in [5.41, 5.74) is 0.885. The Morgan fingerprint density at radius 2 is 1.12 bits per heavy atom. The molecule has 0 unspecified atom stereocenters. The summed E-state index contributed by atoms with van der Waals surface area (Å²) in [7, 11) is 1.47. The number of aliphatic carboxylic acids is 1. The van der Waals surface area contributed by atoms with E-state index in [4.69, 9.17) is 4.74 Å². The van der Waals surface area contributed by atoms with Crippen molar-refractivity contribution in [2.75, 3.05) is 33.3 Å². The summed E-state index contributed by atoms with van der Waals surface area (Å²) < 4.78 is 4.98. The first-order chi connectivity index (χ1) is 15.0. The molecule has 0 spiro atoms. The molecule has 2 heterocycles. The Hall–Kier alpha value is -2.12. The number of benzene rings is 2. The number of carbonyl (C=O) groups excluding carboxylic acids is 1. The van der Waals surface area contributed by atoms with Crippen LogP contribution in [-0.4, -0.2) is 50.3 Å². The molecule has 2 aliphatic heterocycles. The molecule has 32 heavy (non-hydrogen) atoms. The third kappa shape index (κ3) is 5.62. The Morgan fingerprint density at radius 1 is 0.750 bits per heavy atom. The van der Waals surface area contributed by atoms with Gasteiger partial charge in [-0.2, -0.15) is 0 Å². The van der Waals surface area contributed by atoms with Gasteiger partial charge in [0.2, 0.25) is 0 Å². The minimum Gasteiger partial charge on any atom is -0.481 e. The number of rotatable bonds is 4. The molecule has 0 bridgehead atoms. The molecule has 0 saturated carbocycles. The van der Waals surface area contributed by atoms with Crippen LogP contribution in [0, 0.1) is 0 Å². The molecular formula is C25H32N2O4V. The van der Waals surface area contributed by atoms with Gasteiger partial charge in [0.15, 0.2) is 0 Å². The van der Waals surface area contributed by atoms with Gasteiger partial charge in [-0.05, 0) is 63.0 Å². The zero-order chi connectivity index (χ0) is 22.2. The average molecular weight is 475 g/mol. The third-order valence-corrected chi connectivity index (χ3v) is 6.55. The summed E-state index contributed by atoms with van der Waals surface area (Å²) in [6.07, 6.45) is 2.96. The topological polar surface area (TPSA) is 87.7 Å². The van der Waals surface area contributed by atoms with Crippen LogP contribution in [0.4, 0.5) is 0 Å². The molecule has 3 N–H and O–H groups in total. The van der Waals surface area contributed by atoms with Crippen molar-refractivity contribution >= 4 is 11.9 Å². The van der Waals surface area contributed by atoms with E-state index in [0.29, 0.717) is 12.8 Å². The van der Waals surface area contributed by atoms with Gasteiger partial charge in [0.1, 0.15) is 0 Å². The zero-order valence-electron chi connectivity index (χ0n) is 18.5. The Kier molecular flexibility index (Phi) is 9.98. The Labute approximate surface area is 202 Å². The van der Waals surface area contributed by atoms with E-state index in [9.17, 15) is 14.7 Å². The molecule has 2 saturated heterocycles. The van der Waals surface area contributed by atoms with Gasteiger partial charge in [-0.1, -0.05) is 60.7 Å². The summed E-state index contributed by atoms with van der Waals surface area (Å²) in [6.45, 7) is 3.29. The van der Waals surface area contributed by atoms with E-state index in [1.54, 1.807) is 0 Å². The molecule has 4 rings (SSSR count). The second-order valence-electron chi connectivity index (χ2n) is 8.19. The van der Waals surface area contributed by atoms with Crippen LogP contribution in [0.25, 0.3) is 0 Å². The van der Waals surface area contributed by atoms with E-state index in [1.807, 2.05) is 60.7 Å². The maximum atomic E-state index is 12.0. The second-order valence-corrected chi connectivity index (χ2v) is 8.19. The monoisotopic (exact) mass is 475 g/mol. The van der Waals surface area contributed by atoms with E-state index < -0.39 is 16.8 Å². The fourth-order valence-corrected chi connectivity index (χ4v) is 4.65. The molecule has 2 aliphatic rings. The fraction of sp³-hybridized carbons (Fsp3) is 0.440. The van der Waals surface area contributed by atoms with Crippen molar-refractivity contribution in [1.29, 1.82) is 0 Å². The van der Waals surface area contributed by atoms with Crippen LogP contribution in [0.5, 0.6) is 0 Å². The van der Waals surface area contributed by atoms with E-state index in [2.05, 4.69) is 10.6 Å². The minimum absolute atomic E-state index is 0. The van der Waals surface area contributed by atoms with Crippen LogP contribution in [0.2, 0.25) is 0 Å². The van der Waals surface area contributed by atoms with E-state index >= 15 is 0 Å². The first-order valence-electron chi connectivity index (χ1n) is 10.9. The predicted octanol–water partition coefficient (Wildman–Crippen LogP) is 2.87. The van der Waals surface area contributed by atoms with E-state index in [0.717, 1.165) is 50.1 Å². The van der Waals surface area contributed by atoms with Gasteiger partial charge in [-0.3, -0.25) is 9.59 Å². The summed E-state index contributed by atoms with van der Waals surface area (Å²) >= 11 is 0. The van der Waals surface area contributed by atoms with Gasteiger partial charge in [0.05, 0.1) is 17.9 Å². The smallest absolute Gasteiger partial charge is 0.316 e. The minimum atomic E-state index is -0.699. The Morgan fingerprint density at radius 3 is 1.50 bits per heavy atom. The molecule has 1 radical (unpaired) electrons.